The minimum Gasteiger partial charge on any atom is -0.494 e. The molecule has 1 atom stereocenters. The van der Waals surface area contributed by atoms with Crippen molar-refractivity contribution in [3.63, 3.8) is 0 Å². The molecule has 6 nitrogen and oxygen atoms in total. The van der Waals surface area contributed by atoms with Crippen LogP contribution in [0.2, 0.25) is 0 Å². The third kappa shape index (κ3) is 6.38. The van der Waals surface area contributed by atoms with Crippen LogP contribution in [0.3, 0.4) is 0 Å². The number of carboxylic acids is 1. The molecule has 0 saturated heterocycles. The number of nitrogens with one attached hydrogen (secondary N) is 1. The lowest BCUT2D eigenvalue weighted by atomic mass is 10.0. The van der Waals surface area contributed by atoms with Crippen molar-refractivity contribution < 1.29 is 24.2 Å². The van der Waals surface area contributed by atoms with E-state index in [9.17, 15) is 14.7 Å². The van der Waals surface area contributed by atoms with E-state index in [1.54, 1.807) is 12.1 Å². The molecule has 4 rings (SSSR count). The van der Waals surface area contributed by atoms with Crippen molar-refractivity contribution in [1.29, 1.82) is 0 Å². The molecule has 0 fully saturated rings. The van der Waals surface area contributed by atoms with Crippen LogP contribution in [-0.2, 0) is 17.8 Å². The van der Waals surface area contributed by atoms with Crippen LogP contribution in [0, 0.1) is 0 Å². The average Bonchev–Trinajstić information content (AvgIpc) is 2.87. The second kappa shape index (κ2) is 11.2. The van der Waals surface area contributed by atoms with Crippen molar-refractivity contribution in [1.82, 2.24) is 5.32 Å². The van der Waals surface area contributed by atoms with Gasteiger partial charge in [-0.05, 0) is 65.2 Å². The van der Waals surface area contributed by atoms with Crippen LogP contribution < -0.4 is 14.8 Å². The highest BCUT2D eigenvalue weighted by molar-refractivity contribution is 6.00. The molecule has 0 heterocycles. The number of benzene rings is 4. The van der Waals surface area contributed by atoms with Gasteiger partial charge in [0, 0.05) is 12.0 Å². The molecular formula is C29H27NO5. The van der Waals surface area contributed by atoms with Crippen molar-refractivity contribution in [3.8, 4) is 11.5 Å². The highest BCUT2D eigenvalue weighted by Crippen LogP contribution is 2.24. The number of ether oxygens (including phenoxy) is 2. The quantitative estimate of drug-likeness (QED) is 0.332. The first-order valence-corrected chi connectivity index (χ1v) is 11.5. The van der Waals surface area contributed by atoms with Crippen LogP contribution in [0.4, 0.5) is 0 Å². The first-order valence-electron chi connectivity index (χ1n) is 11.5. The number of aliphatic carboxylic acids is 1. The molecule has 35 heavy (non-hydrogen) atoms. The highest BCUT2D eigenvalue weighted by atomic mass is 16.5. The van der Waals surface area contributed by atoms with Gasteiger partial charge >= 0.3 is 5.97 Å². The zero-order valence-corrected chi connectivity index (χ0v) is 19.4. The van der Waals surface area contributed by atoms with Gasteiger partial charge in [-0.1, -0.05) is 54.6 Å². The molecule has 1 unspecified atom stereocenters. The second-order valence-corrected chi connectivity index (χ2v) is 8.15. The lowest BCUT2D eigenvalue weighted by molar-refractivity contribution is -0.139. The summed E-state index contributed by atoms with van der Waals surface area (Å²) in [6.07, 6.45) is 0.212. The Morgan fingerprint density at radius 3 is 2.29 bits per heavy atom. The maximum atomic E-state index is 12.8. The van der Waals surface area contributed by atoms with E-state index in [1.165, 1.54) is 0 Å². The van der Waals surface area contributed by atoms with E-state index in [4.69, 9.17) is 9.47 Å². The summed E-state index contributed by atoms with van der Waals surface area (Å²) in [5, 5.41) is 14.0. The van der Waals surface area contributed by atoms with Crippen LogP contribution in [-0.4, -0.2) is 29.6 Å². The number of rotatable bonds is 10. The van der Waals surface area contributed by atoms with Crippen molar-refractivity contribution in [3.05, 3.63) is 108 Å². The summed E-state index contributed by atoms with van der Waals surface area (Å²) in [6.45, 7) is 2.96. The summed E-state index contributed by atoms with van der Waals surface area (Å²) in [7, 11) is 0. The summed E-state index contributed by atoms with van der Waals surface area (Å²) < 4.78 is 11.5. The molecule has 0 aliphatic carbocycles. The third-order valence-corrected chi connectivity index (χ3v) is 5.57. The van der Waals surface area contributed by atoms with E-state index in [-0.39, 0.29) is 6.42 Å². The normalized spacial score (nSPS) is 11.6. The monoisotopic (exact) mass is 469 g/mol. The van der Waals surface area contributed by atoms with Gasteiger partial charge in [-0.25, -0.2) is 4.79 Å². The number of hydrogen-bond acceptors (Lipinski definition) is 4. The van der Waals surface area contributed by atoms with Crippen LogP contribution in [0.25, 0.3) is 10.8 Å². The Hall–Kier alpha value is -4.32. The lowest BCUT2D eigenvalue weighted by Crippen LogP contribution is -2.42. The summed E-state index contributed by atoms with van der Waals surface area (Å²) in [4.78, 5) is 24.5. The number of carbonyl (C=O) groups is 2. The molecule has 0 aliphatic rings. The first kappa shape index (κ1) is 23.8. The predicted octanol–water partition coefficient (Wildman–Crippen LogP) is 5.24. The molecule has 0 aliphatic heterocycles. The average molecular weight is 470 g/mol. The SMILES string of the molecule is CCOc1cccc(COc2ccc3cc(C(=O)NC(Cc4ccccc4)C(=O)O)ccc3c2)c1. The Morgan fingerprint density at radius 1 is 0.800 bits per heavy atom. The fourth-order valence-corrected chi connectivity index (χ4v) is 3.80. The molecule has 2 N–H and O–H groups in total. The fourth-order valence-electron chi connectivity index (χ4n) is 3.80. The predicted molar refractivity (Wildman–Crippen MR) is 135 cm³/mol. The lowest BCUT2D eigenvalue weighted by Gasteiger charge is -2.15. The molecule has 0 bridgehead atoms. The van der Waals surface area contributed by atoms with Crippen molar-refractivity contribution in [2.75, 3.05) is 6.61 Å². The molecule has 1 amide bonds. The fraction of sp³-hybridized carbons (Fsp3) is 0.172. The molecule has 0 spiro atoms. The minimum absolute atomic E-state index is 0.212. The van der Waals surface area contributed by atoms with Crippen molar-refractivity contribution >= 4 is 22.6 Å². The van der Waals surface area contributed by atoms with Gasteiger partial charge in [0.1, 0.15) is 24.1 Å². The number of carboxylic acid groups (broad SMARTS) is 1. The maximum absolute atomic E-state index is 12.8. The minimum atomic E-state index is -1.07. The van der Waals surface area contributed by atoms with Gasteiger partial charge in [-0.3, -0.25) is 4.79 Å². The largest absolute Gasteiger partial charge is 0.494 e. The van der Waals surface area contributed by atoms with Gasteiger partial charge in [0.05, 0.1) is 6.61 Å². The van der Waals surface area contributed by atoms with Crippen molar-refractivity contribution in [2.24, 2.45) is 0 Å². The van der Waals surface area contributed by atoms with Crippen molar-refractivity contribution in [2.45, 2.75) is 26.0 Å². The van der Waals surface area contributed by atoms with Crippen LogP contribution >= 0.6 is 0 Å². The van der Waals surface area contributed by atoms with Crippen LogP contribution in [0.5, 0.6) is 11.5 Å². The number of fused-ring (bicyclic) bond motifs is 1. The molecule has 178 valence electrons. The van der Waals surface area contributed by atoms with Gasteiger partial charge in [-0.2, -0.15) is 0 Å². The Balaban J connectivity index is 1.42. The summed E-state index contributed by atoms with van der Waals surface area (Å²) in [5.41, 5.74) is 2.25. The summed E-state index contributed by atoms with van der Waals surface area (Å²) in [6, 6.07) is 26.9. The van der Waals surface area contributed by atoms with E-state index in [1.807, 2.05) is 85.8 Å². The van der Waals surface area contributed by atoms with Gasteiger partial charge in [0.15, 0.2) is 0 Å². The molecular weight excluding hydrogens is 442 g/mol. The zero-order chi connectivity index (χ0) is 24.6. The van der Waals surface area contributed by atoms with E-state index < -0.39 is 17.9 Å². The number of hydrogen-bond donors (Lipinski definition) is 2. The Bertz CT molecular complexity index is 1320. The Labute approximate surface area is 204 Å². The molecule has 0 saturated carbocycles. The smallest absolute Gasteiger partial charge is 0.326 e. The summed E-state index contributed by atoms with van der Waals surface area (Å²) >= 11 is 0. The molecule has 0 radical (unpaired) electrons. The molecule has 6 heteroatoms. The molecule has 4 aromatic carbocycles. The number of amides is 1. The highest BCUT2D eigenvalue weighted by Gasteiger charge is 2.21. The standard InChI is InChI=1S/C29H27NO5/c1-2-34-25-10-6-9-21(15-25)19-35-26-14-13-22-17-24(12-11-23(22)18-26)28(31)30-27(29(32)33)16-20-7-4-3-5-8-20/h3-15,17-18,27H,2,16,19H2,1H3,(H,30,31)(H,32,33). The van der Waals surface area contributed by atoms with Gasteiger partial charge in [0.25, 0.3) is 5.91 Å². The summed E-state index contributed by atoms with van der Waals surface area (Å²) in [5.74, 6) is 0.0263. The van der Waals surface area contributed by atoms with E-state index in [0.29, 0.717) is 24.5 Å². The van der Waals surface area contributed by atoms with E-state index in [2.05, 4.69) is 5.32 Å². The van der Waals surface area contributed by atoms with Gasteiger partial charge in [0.2, 0.25) is 0 Å². The Kier molecular flexibility index (Phi) is 7.63. The second-order valence-electron chi connectivity index (χ2n) is 8.15. The van der Waals surface area contributed by atoms with Crippen LogP contribution in [0.15, 0.2) is 91.0 Å². The van der Waals surface area contributed by atoms with Gasteiger partial charge in [-0.15, -0.1) is 0 Å². The number of carbonyl (C=O) groups excluding carboxylic acids is 1. The van der Waals surface area contributed by atoms with E-state index >= 15 is 0 Å². The zero-order valence-electron chi connectivity index (χ0n) is 19.4. The third-order valence-electron chi connectivity index (χ3n) is 5.57. The maximum Gasteiger partial charge on any atom is 0.326 e. The van der Waals surface area contributed by atoms with E-state index in [0.717, 1.165) is 27.6 Å². The molecule has 4 aromatic rings. The van der Waals surface area contributed by atoms with Crippen LogP contribution in [0.1, 0.15) is 28.4 Å². The van der Waals surface area contributed by atoms with Gasteiger partial charge < -0.3 is 19.9 Å². The Morgan fingerprint density at radius 2 is 1.51 bits per heavy atom. The topological polar surface area (TPSA) is 84.9 Å². The first-order chi connectivity index (χ1) is 17.0. The molecule has 0 aromatic heterocycles.